The zero-order chi connectivity index (χ0) is 23.4. The van der Waals surface area contributed by atoms with E-state index in [0.717, 1.165) is 42.5 Å². The Morgan fingerprint density at radius 2 is 1.76 bits per heavy atom. The normalized spacial score (nSPS) is 19.6. The number of likely N-dealkylation sites (tertiary alicyclic amines) is 2. The summed E-state index contributed by atoms with van der Waals surface area (Å²) in [5.41, 5.74) is 2.63. The van der Waals surface area contributed by atoms with Crippen molar-refractivity contribution in [2.24, 2.45) is 0 Å². The molecule has 1 atom stereocenters. The van der Waals surface area contributed by atoms with Crippen LogP contribution in [0.3, 0.4) is 0 Å². The molecule has 7 heteroatoms. The van der Waals surface area contributed by atoms with Gasteiger partial charge >= 0.3 is 0 Å². The lowest BCUT2D eigenvalue weighted by atomic mass is 9.97. The Morgan fingerprint density at radius 3 is 2.45 bits per heavy atom. The summed E-state index contributed by atoms with van der Waals surface area (Å²) < 4.78 is 1.08. The molecule has 174 valence electrons. The van der Waals surface area contributed by atoms with Crippen LogP contribution in [0.5, 0.6) is 0 Å². The number of rotatable bonds is 7. The number of hydrogen-bond acceptors (Lipinski definition) is 4. The molecule has 2 aromatic rings. The molecule has 2 aromatic carbocycles. The minimum atomic E-state index is -0.357. The van der Waals surface area contributed by atoms with Crippen LogP contribution in [0.1, 0.15) is 47.2 Å². The van der Waals surface area contributed by atoms with Gasteiger partial charge in [-0.1, -0.05) is 40.2 Å². The Balaban J connectivity index is 1.36. The van der Waals surface area contributed by atoms with Crippen LogP contribution < -0.4 is 5.32 Å². The lowest BCUT2D eigenvalue weighted by Gasteiger charge is -2.39. The molecule has 2 saturated heterocycles. The maximum atomic E-state index is 13.2. The average molecular weight is 512 g/mol. The summed E-state index contributed by atoms with van der Waals surface area (Å²) in [7, 11) is 1.59. The highest BCUT2D eigenvalue weighted by Crippen LogP contribution is 2.29. The second-order valence-corrected chi connectivity index (χ2v) is 9.83. The largest absolute Gasteiger partial charge is 0.355 e. The van der Waals surface area contributed by atoms with E-state index in [-0.39, 0.29) is 36.1 Å². The highest BCUT2D eigenvalue weighted by atomic mass is 79.9. The number of ketones is 1. The maximum absolute atomic E-state index is 13.2. The van der Waals surface area contributed by atoms with Crippen molar-refractivity contribution in [1.29, 1.82) is 0 Å². The lowest BCUT2D eigenvalue weighted by Crippen LogP contribution is -2.50. The van der Waals surface area contributed by atoms with Crippen LogP contribution in [0, 0.1) is 0 Å². The van der Waals surface area contributed by atoms with Gasteiger partial charge in [-0.2, -0.15) is 0 Å². The monoisotopic (exact) mass is 511 g/mol. The molecule has 1 N–H and O–H groups in total. The zero-order valence-corrected chi connectivity index (χ0v) is 20.5. The molecule has 33 heavy (non-hydrogen) atoms. The summed E-state index contributed by atoms with van der Waals surface area (Å²) in [5, 5.41) is 2.61. The van der Waals surface area contributed by atoms with Crippen LogP contribution in [-0.4, -0.2) is 59.6 Å². The first-order valence-electron chi connectivity index (χ1n) is 11.6. The average Bonchev–Trinajstić information content (AvgIpc) is 3.22. The summed E-state index contributed by atoms with van der Waals surface area (Å²) in [5.74, 6) is -0.0112. The smallest absolute Gasteiger partial charge is 0.251 e. The van der Waals surface area contributed by atoms with Crippen LogP contribution in [-0.2, 0) is 22.6 Å². The Morgan fingerprint density at radius 1 is 1.03 bits per heavy atom. The second-order valence-electron chi connectivity index (χ2n) is 8.91. The fourth-order valence-electron chi connectivity index (χ4n) is 4.97. The molecule has 0 spiro atoms. The lowest BCUT2D eigenvalue weighted by molar-refractivity contribution is -0.137. The third-order valence-corrected chi connectivity index (χ3v) is 7.22. The molecular formula is C26H30BrN3O3. The fraction of sp³-hybridized carbons (Fsp3) is 0.423. The first-order chi connectivity index (χ1) is 15.9. The van der Waals surface area contributed by atoms with E-state index >= 15 is 0 Å². The third kappa shape index (κ3) is 5.71. The molecule has 2 aliphatic rings. The Kier molecular flexibility index (Phi) is 7.60. The summed E-state index contributed by atoms with van der Waals surface area (Å²) in [4.78, 5) is 42.1. The summed E-state index contributed by atoms with van der Waals surface area (Å²) >= 11 is 3.48. The molecule has 0 saturated carbocycles. The molecular weight excluding hydrogens is 482 g/mol. The van der Waals surface area contributed by atoms with Gasteiger partial charge in [-0.15, -0.1) is 0 Å². The van der Waals surface area contributed by atoms with Crippen molar-refractivity contribution in [2.45, 2.75) is 50.7 Å². The third-order valence-electron chi connectivity index (χ3n) is 6.69. The SMILES string of the molecule is CNC(=O)c1cccc(CC(=O)[C@H]2CCC(=O)N2C2CCN(Cc3ccc(Br)cc3)CC2)c1. The maximum Gasteiger partial charge on any atom is 0.251 e. The van der Waals surface area contributed by atoms with E-state index < -0.39 is 0 Å². The van der Waals surface area contributed by atoms with Crippen LogP contribution in [0.4, 0.5) is 0 Å². The van der Waals surface area contributed by atoms with Crippen molar-refractivity contribution >= 4 is 33.5 Å². The van der Waals surface area contributed by atoms with Gasteiger partial charge in [0.2, 0.25) is 5.91 Å². The van der Waals surface area contributed by atoms with Crippen molar-refractivity contribution in [1.82, 2.24) is 15.1 Å². The molecule has 6 nitrogen and oxygen atoms in total. The van der Waals surface area contributed by atoms with Crippen molar-refractivity contribution in [3.8, 4) is 0 Å². The molecule has 4 rings (SSSR count). The van der Waals surface area contributed by atoms with E-state index in [1.54, 1.807) is 25.2 Å². The number of carbonyl (C=O) groups is 3. The van der Waals surface area contributed by atoms with Crippen LogP contribution >= 0.6 is 15.9 Å². The predicted octanol–water partition coefficient (Wildman–Crippen LogP) is 3.58. The minimum absolute atomic E-state index is 0.0622. The quantitative estimate of drug-likeness (QED) is 0.616. The number of Topliss-reactive ketones (excluding diaryl/α,β-unsaturated/α-hetero) is 1. The van der Waals surface area contributed by atoms with Gasteiger partial charge in [0.1, 0.15) is 0 Å². The molecule has 0 radical (unpaired) electrons. The summed E-state index contributed by atoms with van der Waals surface area (Å²) in [6, 6.07) is 15.3. The summed E-state index contributed by atoms with van der Waals surface area (Å²) in [6.45, 7) is 2.73. The molecule has 2 aliphatic heterocycles. The number of nitrogens with one attached hydrogen (secondary N) is 1. The van der Waals surface area contributed by atoms with Crippen LogP contribution in [0.2, 0.25) is 0 Å². The summed E-state index contributed by atoms with van der Waals surface area (Å²) in [6.07, 6.45) is 3.04. The molecule has 0 unspecified atom stereocenters. The molecule has 2 fully saturated rings. The van der Waals surface area contributed by atoms with Gasteiger partial charge in [0.05, 0.1) is 6.04 Å². The highest BCUT2D eigenvalue weighted by Gasteiger charge is 2.40. The highest BCUT2D eigenvalue weighted by molar-refractivity contribution is 9.10. The van der Waals surface area contributed by atoms with Crippen molar-refractivity contribution in [3.63, 3.8) is 0 Å². The van der Waals surface area contributed by atoms with Crippen molar-refractivity contribution < 1.29 is 14.4 Å². The Hall–Kier alpha value is -2.51. The number of piperidine rings is 1. The number of carbonyl (C=O) groups excluding carboxylic acids is 3. The zero-order valence-electron chi connectivity index (χ0n) is 18.9. The van der Waals surface area contributed by atoms with E-state index in [0.29, 0.717) is 18.4 Å². The predicted molar refractivity (Wildman–Crippen MR) is 131 cm³/mol. The van der Waals surface area contributed by atoms with Gasteiger partial charge in [0.15, 0.2) is 5.78 Å². The van der Waals surface area contributed by atoms with E-state index in [4.69, 9.17) is 0 Å². The fourth-order valence-corrected chi connectivity index (χ4v) is 5.23. The molecule has 0 aromatic heterocycles. The number of hydrogen-bond donors (Lipinski definition) is 1. The van der Waals surface area contributed by atoms with Crippen molar-refractivity contribution in [3.05, 3.63) is 69.7 Å². The first-order valence-corrected chi connectivity index (χ1v) is 12.4. The number of halogens is 1. The van der Waals surface area contributed by atoms with Gasteiger partial charge < -0.3 is 10.2 Å². The van der Waals surface area contributed by atoms with Gasteiger partial charge in [-0.3, -0.25) is 19.3 Å². The molecule has 0 bridgehead atoms. The Labute approximate surface area is 203 Å². The molecule has 2 heterocycles. The van der Waals surface area contributed by atoms with E-state index in [2.05, 4.69) is 50.4 Å². The van der Waals surface area contributed by atoms with Gasteiger partial charge in [0, 0.05) is 55.6 Å². The molecule has 0 aliphatic carbocycles. The van der Waals surface area contributed by atoms with Gasteiger partial charge in [0.25, 0.3) is 5.91 Å². The Bertz CT molecular complexity index is 1020. The van der Waals surface area contributed by atoms with E-state index in [1.165, 1.54) is 5.56 Å². The second kappa shape index (κ2) is 10.6. The molecule has 2 amide bonds. The standard InChI is InChI=1S/C26H30BrN3O3/c1-28-26(33)20-4-2-3-19(15-20)16-24(31)23-9-10-25(32)30(23)22-11-13-29(14-12-22)17-18-5-7-21(27)8-6-18/h2-8,15,22-23H,9-14,16-17H2,1H3,(H,28,33)/t23-/m1/s1. The van der Waals surface area contributed by atoms with E-state index in [9.17, 15) is 14.4 Å². The first kappa shape index (κ1) is 23.6. The van der Waals surface area contributed by atoms with Gasteiger partial charge in [-0.25, -0.2) is 0 Å². The van der Waals surface area contributed by atoms with Gasteiger partial charge in [-0.05, 0) is 54.7 Å². The van der Waals surface area contributed by atoms with Crippen molar-refractivity contribution in [2.75, 3.05) is 20.1 Å². The topological polar surface area (TPSA) is 69.7 Å². The van der Waals surface area contributed by atoms with Crippen LogP contribution in [0.15, 0.2) is 53.0 Å². The number of benzene rings is 2. The number of nitrogens with zero attached hydrogens (tertiary/aromatic N) is 2. The minimum Gasteiger partial charge on any atom is -0.355 e. The van der Waals surface area contributed by atoms with Crippen LogP contribution in [0.25, 0.3) is 0 Å². The number of amides is 2. The van der Waals surface area contributed by atoms with E-state index in [1.807, 2.05) is 11.0 Å².